The van der Waals surface area contributed by atoms with E-state index >= 15 is 0 Å². The molecule has 2 N–H and O–H groups in total. The van der Waals surface area contributed by atoms with E-state index in [2.05, 4.69) is 20.2 Å². The summed E-state index contributed by atoms with van der Waals surface area (Å²) in [6.07, 6.45) is -0.472. The Labute approximate surface area is 191 Å². The molecule has 176 valence electrons. The summed E-state index contributed by atoms with van der Waals surface area (Å²) in [5.74, 6) is -0.109. The topological polar surface area (TPSA) is 82.9 Å². The van der Waals surface area contributed by atoms with Crippen LogP contribution >= 0.6 is 0 Å². The molecule has 2 heterocycles. The van der Waals surface area contributed by atoms with Gasteiger partial charge in [-0.25, -0.2) is 0 Å². The standard InChI is InChI=1S/C24H37N5O3/c1-24(2,3)32-18-20(30)17-29-14-12-28(13-15-29)11-10-25-23(31)22-16-21(26-27(22)4)19-8-6-5-7-9-19/h5-9,16,20,30H,10-15,17-18H2,1-4H3,(H,25,31). The second-order valence-electron chi connectivity index (χ2n) is 9.38. The van der Waals surface area contributed by atoms with Crippen LogP contribution in [0.3, 0.4) is 0 Å². The molecule has 1 saturated heterocycles. The van der Waals surface area contributed by atoms with E-state index in [4.69, 9.17) is 4.74 Å². The van der Waals surface area contributed by atoms with Gasteiger partial charge in [0.15, 0.2) is 0 Å². The van der Waals surface area contributed by atoms with E-state index in [1.807, 2.05) is 57.2 Å². The lowest BCUT2D eigenvalue weighted by Gasteiger charge is -2.35. The van der Waals surface area contributed by atoms with Gasteiger partial charge in [0.25, 0.3) is 5.91 Å². The minimum Gasteiger partial charge on any atom is -0.389 e. The summed E-state index contributed by atoms with van der Waals surface area (Å²) < 4.78 is 7.30. The SMILES string of the molecule is Cn1nc(-c2ccccc2)cc1C(=O)NCCN1CCN(CC(O)COC(C)(C)C)CC1. The molecule has 3 rings (SSSR count). The molecule has 0 saturated carbocycles. The van der Waals surface area contributed by atoms with Crippen molar-refractivity contribution in [1.82, 2.24) is 24.9 Å². The van der Waals surface area contributed by atoms with Crippen molar-refractivity contribution in [2.24, 2.45) is 7.05 Å². The van der Waals surface area contributed by atoms with Crippen molar-refractivity contribution in [3.8, 4) is 11.3 Å². The molecule has 32 heavy (non-hydrogen) atoms. The maximum absolute atomic E-state index is 12.6. The molecule has 2 aromatic rings. The number of rotatable bonds is 9. The smallest absolute Gasteiger partial charge is 0.269 e. The average molecular weight is 444 g/mol. The third-order valence-electron chi connectivity index (χ3n) is 5.54. The Morgan fingerprint density at radius 3 is 2.47 bits per heavy atom. The summed E-state index contributed by atoms with van der Waals surface area (Å²) in [5, 5.41) is 17.7. The van der Waals surface area contributed by atoms with Gasteiger partial charge in [0.1, 0.15) is 5.69 Å². The Morgan fingerprint density at radius 1 is 1.16 bits per heavy atom. The summed E-state index contributed by atoms with van der Waals surface area (Å²) >= 11 is 0. The number of aryl methyl sites for hydroxylation is 1. The van der Waals surface area contributed by atoms with E-state index in [0.717, 1.165) is 44.0 Å². The fourth-order valence-corrected chi connectivity index (χ4v) is 3.74. The number of carbonyl (C=O) groups excluding carboxylic acids is 1. The average Bonchev–Trinajstić information content (AvgIpc) is 3.15. The number of β-amino-alcohol motifs (C(OH)–C–C–N with tert-alkyl or cyclic N) is 1. The number of aliphatic hydroxyl groups is 1. The number of hydrogen-bond donors (Lipinski definition) is 2. The van der Waals surface area contributed by atoms with Crippen LogP contribution in [0.25, 0.3) is 11.3 Å². The largest absolute Gasteiger partial charge is 0.389 e. The molecular weight excluding hydrogens is 406 g/mol. The van der Waals surface area contributed by atoms with E-state index in [0.29, 0.717) is 25.4 Å². The van der Waals surface area contributed by atoms with Crippen LogP contribution in [0.5, 0.6) is 0 Å². The monoisotopic (exact) mass is 443 g/mol. The van der Waals surface area contributed by atoms with Gasteiger partial charge in [-0.05, 0) is 26.8 Å². The van der Waals surface area contributed by atoms with Gasteiger partial charge in [-0.15, -0.1) is 0 Å². The molecule has 1 aromatic carbocycles. The Morgan fingerprint density at radius 2 is 1.81 bits per heavy atom. The molecule has 8 heteroatoms. The third-order valence-corrected chi connectivity index (χ3v) is 5.54. The maximum Gasteiger partial charge on any atom is 0.269 e. The molecule has 1 fully saturated rings. The number of nitrogens with one attached hydrogen (secondary N) is 1. The maximum atomic E-state index is 12.6. The Bertz CT molecular complexity index is 854. The second-order valence-corrected chi connectivity index (χ2v) is 9.38. The van der Waals surface area contributed by atoms with Crippen molar-refractivity contribution in [3.63, 3.8) is 0 Å². The quantitative estimate of drug-likeness (QED) is 0.613. The van der Waals surface area contributed by atoms with Crippen LogP contribution in [0.4, 0.5) is 0 Å². The van der Waals surface area contributed by atoms with E-state index in [9.17, 15) is 9.90 Å². The fraction of sp³-hybridized carbons (Fsp3) is 0.583. The molecule has 0 radical (unpaired) electrons. The molecule has 0 aliphatic carbocycles. The number of carbonyl (C=O) groups is 1. The van der Waals surface area contributed by atoms with Crippen LogP contribution in [0.15, 0.2) is 36.4 Å². The van der Waals surface area contributed by atoms with E-state index < -0.39 is 6.10 Å². The molecule has 8 nitrogen and oxygen atoms in total. The zero-order chi connectivity index (χ0) is 23.1. The first-order valence-corrected chi connectivity index (χ1v) is 11.4. The van der Waals surface area contributed by atoms with Crippen molar-refractivity contribution >= 4 is 5.91 Å². The molecular formula is C24H37N5O3. The molecule has 0 bridgehead atoms. The van der Waals surface area contributed by atoms with Gasteiger partial charge in [0, 0.05) is 58.4 Å². The van der Waals surface area contributed by atoms with Gasteiger partial charge in [-0.3, -0.25) is 19.3 Å². The van der Waals surface area contributed by atoms with Crippen molar-refractivity contribution in [1.29, 1.82) is 0 Å². The van der Waals surface area contributed by atoms with E-state index in [1.165, 1.54) is 0 Å². The Kier molecular flexibility index (Phi) is 8.42. The first-order chi connectivity index (χ1) is 15.2. The second kappa shape index (κ2) is 11.0. The number of hydrogen-bond acceptors (Lipinski definition) is 6. The van der Waals surface area contributed by atoms with Gasteiger partial charge in [-0.2, -0.15) is 5.10 Å². The summed E-state index contributed by atoms with van der Waals surface area (Å²) in [6, 6.07) is 11.7. The lowest BCUT2D eigenvalue weighted by atomic mass is 10.1. The molecule has 1 aliphatic heterocycles. The highest BCUT2D eigenvalue weighted by molar-refractivity contribution is 5.93. The number of aromatic nitrogens is 2. The Balaban J connectivity index is 1.37. The van der Waals surface area contributed by atoms with Crippen LogP contribution < -0.4 is 5.32 Å². The van der Waals surface area contributed by atoms with Gasteiger partial charge in [0.05, 0.1) is 24.0 Å². The van der Waals surface area contributed by atoms with Crippen LogP contribution in [-0.2, 0) is 11.8 Å². The first-order valence-electron chi connectivity index (χ1n) is 11.4. The van der Waals surface area contributed by atoms with Crippen LogP contribution in [0, 0.1) is 0 Å². The number of nitrogens with zero attached hydrogens (tertiary/aromatic N) is 4. The number of amides is 1. The van der Waals surface area contributed by atoms with Gasteiger partial charge < -0.3 is 15.2 Å². The number of aliphatic hydroxyl groups excluding tert-OH is 1. The highest BCUT2D eigenvalue weighted by Crippen LogP contribution is 2.18. The molecule has 0 spiro atoms. The van der Waals surface area contributed by atoms with Crippen molar-refractivity contribution in [2.75, 3.05) is 52.4 Å². The highest BCUT2D eigenvalue weighted by atomic mass is 16.5. The number of piperazine rings is 1. The predicted octanol–water partition coefficient (Wildman–Crippen LogP) is 1.61. The summed E-state index contributed by atoms with van der Waals surface area (Å²) in [6.45, 7) is 12.0. The highest BCUT2D eigenvalue weighted by Gasteiger charge is 2.21. The number of benzene rings is 1. The van der Waals surface area contributed by atoms with Crippen molar-refractivity contribution in [2.45, 2.75) is 32.5 Å². The minimum absolute atomic E-state index is 0.109. The van der Waals surface area contributed by atoms with Crippen LogP contribution in [0.1, 0.15) is 31.3 Å². The summed E-state index contributed by atoms with van der Waals surface area (Å²) in [7, 11) is 1.79. The molecule has 1 unspecified atom stereocenters. The molecule has 1 aliphatic rings. The van der Waals surface area contributed by atoms with Gasteiger partial charge in [0.2, 0.25) is 0 Å². The lowest BCUT2D eigenvalue weighted by Crippen LogP contribution is -2.50. The molecule has 1 atom stereocenters. The van der Waals surface area contributed by atoms with E-state index in [1.54, 1.807) is 11.7 Å². The van der Waals surface area contributed by atoms with Crippen molar-refractivity contribution < 1.29 is 14.6 Å². The van der Waals surface area contributed by atoms with Crippen LogP contribution in [0.2, 0.25) is 0 Å². The summed E-state index contributed by atoms with van der Waals surface area (Å²) in [4.78, 5) is 17.2. The zero-order valence-corrected chi connectivity index (χ0v) is 19.8. The van der Waals surface area contributed by atoms with Crippen LogP contribution in [-0.4, -0.2) is 94.7 Å². The number of ether oxygens (including phenoxy) is 1. The third kappa shape index (κ3) is 7.41. The predicted molar refractivity (Wildman–Crippen MR) is 126 cm³/mol. The fourth-order valence-electron chi connectivity index (χ4n) is 3.74. The first kappa shape index (κ1) is 24.4. The Hall–Kier alpha value is -2.26. The molecule has 1 aromatic heterocycles. The van der Waals surface area contributed by atoms with E-state index in [-0.39, 0.29) is 11.5 Å². The van der Waals surface area contributed by atoms with Gasteiger partial charge >= 0.3 is 0 Å². The lowest BCUT2D eigenvalue weighted by molar-refractivity contribution is -0.0585. The van der Waals surface area contributed by atoms with Crippen molar-refractivity contribution in [3.05, 3.63) is 42.1 Å². The zero-order valence-electron chi connectivity index (χ0n) is 19.8. The minimum atomic E-state index is -0.472. The van der Waals surface area contributed by atoms with Gasteiger partial charge in [-0.1, -0.05) is 30.3 Å². The normalized spacial score (nSPS) is 16.8. The molecule has 1 amide bonds. The summed E-state index contributed by atoms with van der Waals surface area (Å²) in [5.41, 5.74) is 2.11.